The van der Waals surface area contributed by atoms with Crippen LogP contribution in [0.2, 0.25) is 0 Å². The van der Waals surface area contributed by atoms with E-state index in [1.807, 2.05) is 23.7 Å². The first-order valence-electron chi connectivity index (χ1n) is 10.6. The number of anilines is 1. The second-order valence-corrected chi connectivity index (χ2v) is 10.4. The van der Waals surface area contributed by atoms with Crippen molar-refractivity contribution in [3.8, 4) is 0 Å². The summed E-state index contributed by atoms with van der Waals surface area (Å²) in [5.74, 6) is 0.710. The van der Waals surface area contributed by atoms with Gasteiger partial charge in [0.05, 0.1) is 15.9 Å². The number of carbonyl (C=O) groups excluding carboxylic acids is 1. The van der Waals surface area contributed by atoms with Crippen LogP contribution in [0.15, 0.2) is 41.3 Å². The third kappa shape index (κ3) is 4.22. The summed E-state index contributed by atoms with van der Waals surface area (Å²) >= 11 is 0. The van der Waals surface area contributed by atoms with Gasteiger partial charge in [-0.05, 0) is 61.1 Å². The summed E-state index contributed by atoms with van der Waals surface area (Å²) in [5, 5.41) is 3.07. The Hall–Kier alpha value is -2.71. The molecule has 0 atom stereocenters. The molecule has 8 heteroatoms. The molecule has 0 radical (unpaired) electrons. The van der Waals surface area contributed by atoms with Crippen molar-refractivity contribution in [1.82, 2.24) is 13.9 Å². The van der Waals surface area contributed by atoms with E-state index in [-0.39, 0.29) is 10.8 Å². The number of sulfonamides is 1. The quantitative estimate of drug-likeness (QED) is 0.638. The number of imidazole rings is 1. The predicted molar refractivity (Wildman–Crippen MR) is 122 cm³/mol. The number of nitrogens with zero attached hydrogens (tertiary/aromatic N) is 3. The van der Waals surface area contributed by atoms with Crippen LogP contribution in [-0.2, 0) is 41.1 Å². The predicted octanol–water partition coefficient (Wildman–Crippen LogP) is 3.27. The molecule has 0 fully saturated rings. The van der Waals surface area contributed by atoms with E-state index < -0.39 is 10.0 Å². The molecule has 1 aliphatic rings. The summed E-state index contributed by atoms with van der Waals surface area (Å²) in [6.07, 6.45) is 5.23. The van der Waals surface area contributed by atoms with Crippen molar-refractivity contribution >= 4 is 32.7 Å². The van der Waals surface area contributed by atoms with Crippen molar-refractivity contribution in [2.75, 3.05) is 19.4 Å². The molecule has 1 amide bonds. The molecule has 1 N–H and O–H groups in total. The first-order valence-corrected chi connectivity index (χ1v) is 12.0. The average Bonchev–Trinajstić information content (AvgIpc) is 3.07. The first-order chi connectivity index (χ1) is 14.8. The topological polar surface area (TPSA) is 84.3 Å². The van der Waals surface area contributed by atoms with Gasteiger partial charge in [-0.2, -0.15) is 0 Å². The van der Waals surface area contributed by atoms with Gasteiger partial charge in [0.15, 0.2) is 0 Å². The minimum absolute atomic E-state index is 0.0399. The van der Waals surface area contributed by atoms with Crippen LogP contribution < -0.4 is 5.32 Å². The van der Waals surface area contributed by atoms with Gasteiger partial charge < -0.3 is 9.88 Å². The smallest absolute Gasteiger partial charge is 0.242 e. The highest BCUT2D eigenvalue weighted by molar-refractivity contribution is 7.89. The lowest BCUT2D eigenvalue weighted by Gasteiger charge is -2.19. The van der Waals surface area contributed by atoms with Crippen LogP contribution in [0.4, 0.5) is 5.69 Å². The molecule has 0 unspecified atom stereocenters. The summed E-state index contributed by atoms with van der Waals surface area (Å²) in [5.41, 5.74) is 4.97. The van der Waals surface area contributed by atoms with Crippen LogP contribution in [-0.4, -0.2) is 42.3 Å². The number of carbonyl (C=O) groups is 1. The van der Waals surface area contributed by atoms with Crippen LogP contribution in [0, 0.1) is 0 Å². The lowest BCUT2D eigenvalue weighted by Crippen LogP contribution is -2.22. The van der Waals surface area contributed by atoms with Crippen molar-refractivity contribution < 1.29 is 13.2 Å². The molecule has 164 valence electrons. The minimum Gasteiger partial charge on any atom is -0.331 e. The SMILES string of the molecule is CN(C)S(=O)(=O)c1ccc2c(c1)nc(CCC(=O)Nc1cccc3c1CCCC3)n2C. The van der Waals surface area contributed by atoms with Gasteiger partial charge in [-0.25, -0.2) is 17.7 Å². The van der Waals surface area contributed by atoms with E-state index in [1.165, 1.54) is 35.9 Å². The Morgan fingerprint density at radius 2 is 1.94 bits per heavy atom. The summed E-state index contributed by atoms with van der Waals surface area (Å²) in [6.45, 7) is 0. The van der Waals surface area contributed by atoms with Gasteiger partial charge >= 0.3 is 0 Å². The third-order valence-electron chi connectivity index (χ3n) is 5.97. The van der Waals surface area contributed by atoms with E-state index in [0.717, 1.165) is 36.3 Å². The zero-order valence-electron chi connectivity index (χ0n) is 18.2. The monoisotopic (exact) mass is 440 g/mol. The van der Waals surface area contributed by atoms with Crippen LogP contribution >= 0.6 is 0 Å². The maximum Gasteiger partial charge on any atom is 0.242 e. The van der Waals surface area contributed by atoms with Gasteiger partial charge in [-0.3, -0.25) is 4.79 Å². The molecule has 7 nitrogen and oxygen atoms in total. The second kappa shape index (κ2) is 8.43. The van der Waals surface area contributed by atoms with Crippen molar-refractivity contribution in [3.63, 3.8) is 0 Å². The van der Waals surface area contributed by atoms with E-state index in [2.05, 4.69) is 16.4 Å². The molecule has 0 saturated heterocycles. The zero-order valence-corrected chi connectivity index (χ0v) is 19.0. The summed E-state index contributed by atoms with van der Waals surface area (Å²) in [6, 6.07) is 11.1. The first kappa shape index (κ1) is 21.5. The fourth-order valence-electron chi connectivity index (χ4n) is 4.16. The number of rotatable bonds is 6. The lowest BCUT2D eigenvalue weighted by atomic mass is 9.90. The number of fused-ring (bicyclic) bond motifs is 2. The van der Waals surface area contributed by atoms with E-state index in [0.29, 0.717) is 18.4 Å². The van der Waals surface area contributed by atoms with Gasteiger partial charge in [0, 0.05) is 39.7 Å². The molecule has 4 rings (SSSR count). The molecule has 1 aromatic heterocycles. The second-order valence-electron chi connectivity index (χ2n) is 8.22. The molecule has 1 heterocycles. The normalized spacial score (nSPS) is 14.1. The number of hydrogen-bond donors (Lipinski definition) is 1. The molecule has 0 saturated carbocycles. The van der Waals surface area contributed by atoms with Crippen molar-refractivity contribution in [1.29, 1.82) is 0 Å². The van der Waals surface area contributed by atoms with Crippen LogP contribution in [0.5, 0.6) is 0 Å². The van der Waals surface area contributed by atoms with Crippen LogP contribution in [0.1, 0.15) is 36.2 Å². The van der Waals surface area contributed by atoms with Crippen LogP contribution in [0.3, 0.4) is 0 Å². The van der Waals surface area contributed by atoms with E-state index in [4.69, 9.17) is 0 Å². The highest BCUT2D eigenvalue weighted by atomic mass is 32.2. The highest BCUT2D eigenvalue weighted by Crippen LogP contribution is 2.28. The molecular formula is C23H28N4O3S. The third-order valence-corrected chi connectivity index (χ3v) is 7.78. The zero-order chi connectivity index (χ0) is 22.2. The van der Waals surface area contributed by atoms with Crippen molar-refractivity contribution in [2.45, 2.75) is 43.4 Å². The maximum atomic E-state index is 12.6. The molecule has 0 aliphatic heterocycles. The number of hydrogen-bond acceptors (Lipinski definition) is 4. The standard InChI is InChI=1S/C23H28N4O3S/c1-26(2)31(29,30)17-11-12-21-20(15-17)24-22(27(21)3)13-14-23(28)25-19-10-6-8-16-7-4-5-9-18(16)19/h6,8,10-12,15H,4-5,7,9,13-14H2,1-3H3,(H,25,28). The van der Waals surface area contributed by atoms with Gasteiger partial charge in [-0.15, -0.1) is 0 Å². The largest absolute Gasteiger partial charge is 0.331 e. The molecular weight excluding hydrogens is 412 g/mol. The Kier molecular flexibility index (Phi) is 5.85. The van der Waals surface area contributed by atoms with Crippen LogP contribution in [0.25, 0.3) is 11.0 Å². The number of amides is 1. The van der Waals surface area contributed by atoms with Gasteiger partial charge in [0.1, 0.15) is 5.82 Å². The van der Waals surface area contributed by atoms with Crippen molar-refractivity contribution in [3.05, 3.63) is 53.3 Å². The number of nitrogens with one attached hydrogen (secondary N) is 1. The molecule has 31 heavy (non-hydrogen) atoms. The van der Waals surface area contributed by atoms with Gasteiger partial charge in [0.2, 0.25) is 15.9 Å². The number of benzene rings is 2. The Morgan fingerprint density at radius 1 is 1.16 bits per heavy atom. The molecule has 1 aliphatic carbocycles. The van der Waals surface area contributed by atoms with Crippen molar-refractivity contribution in [2.24, 2.45) is 7.05 Å². The molecule has 0 spiro atoms. The summed E-state index contributed by atoms with van der Waals surface area (Å²) in [4.78, 5) is 17.4. The Bertz CT molecular complexity index is 1250. The molecule has 3 aromatic rings. The fourth-order valence-corrected chi connectivity index (χ4v) is 5.08. The Balaban J connectivity index is 1.49. The highest BCUT2D eigenvalue weighted by Gasteiger charge is 2.20. The van der Waals surface area contributed by atoms with E-state index >= 15 is 0 Å². The van der Waals surface area contributed by atoms with Gasteiger partial charge in [0.25, 0.3) is 0 Å². The Labute approximate surface area is 183 Å². The molecule has 0 bridgehead atoms. The van der Waals surface area contributed by atoms with E-state index in [1.54, 1.807) is 18.2 Å². The van der Waals surface area contributed by atoms with E-state index in [9.17, 15) is 13.2 Å². The Morgan fingerprint density at radius 3 is 2.71 bits per heavy atom. The lowest BCUT2D eigenvalue weighted by molar-refractivity contribution is -0.116. The maximum absolute atomic E-state index is 12.6. The average molecular weight is 441 g/mol. The number of aryl methyl sites for hydroxylation is 3. The summed E-state index contributed by atoms with van der Waals surface area (Å²) < 4.78 is 27.9. The number of aromatic nitrogens is 2. The summed E-state index contributed by atoms with van der Waals surface area (Å²) in [7, 11) is 1.38. The molecule has 2 aromatic carbocycles. The fraction of sp³-hybridized carbons (Fsp3) is 0.391. The van der Waals surface area contributed by atoms with Gasteiger partial charge in [-0.1, -0.05) is 12.1 Å². The minimum atomic E-state index is -3.52.